The molecule has 105 heavy (non-hydrogen) atoms. The molecular formula is C80H74O25. The molecule has 2 N–H and O–H groups in total. The van der Waals surface area contributed by atoms with Crippen molar-refractivity contribution in [2.24, 2.45) is 0 Å². The lowest BCUT2D eigenvalue weighted by molar-refractivity contribution is -0.392. The summed E-state index contributed by atoms with van der Waals surface area (Å²) in [5.41, 5.74) is 0.171. The topological polar surface area (TPSA) is 315 Å². The number of hydrogen-bond acceptors (Lipinski definition) is 25. The van der Waals surface area contributed by atoms with Crippen LogP contribution >= 0.6 is 0 Å². The van der Waals surface area contributed by atoms with Crippen molar-refractivity contribution in [3.8, 4) is 0 Å². The van der Waals surface area contributed by atoms with Gasteiger partial charge in [-0.15, -0.1) is 0 Å². The maximum atomic E-state index is 15.1. The molecule has 25 nitrogen and oxygen atoms in total. The average molecular weight is 1440 g/mol. The Kier molecular flexibility index (Phi) is 24.1. The molecule has 25 heteroatoms. The highest BCUT2D eigenvalue weighted by Crippen LogP contribution is 2.41. The fourth-order valence-electron chi connectivity index (χ4n) is 12.5. The van der Waals surface area contributed by atoms with Crippen LogP contribution < -0.4 is 0 Å². The van der Waals surface area contributed by atoms with Crippen LogP contribution in [0.5, 0.6) is 0 Å². The van der Waals surface area contributed by atoms with E-state index in [0.29, 0.717) is 0 Å². The van der Waals surface area contributed by atoms with Crippen LogP contribution in [0.25, 0.3) is 0 Å². The maximum absolute atomic E-state index is 15.1. The van der Waals surface area contributed by atoms with Crippen molar-refractivity contribution in [2.75, 3.05) is 0 Å². The number of aliphatic hydroxyl groups excluding tert-OH is 2. The van der Waals surface area contributed by atoms with Crippen molar-refractivity contribution >= 4 is 47.8 Å². The van der Waals surface area contributed by atoms with Gasteiger partial charge < -0.3 is 81.3 Å². The van der Waals surface area contributed by atoms with E-state index >= 15 is 4.79 Å². The minimum absolute atomic E-state index is 0.000305. The molecule has 0 amide bonds. The zero-order valence-corrected chi connectivity index (χ0v) is 56.9. The van der Waals surface area contributed by atoms with Gasteiger partial charge in [0.25, 0.3) is 0 Å². The summed E-state index contributed by atoms with van der Waals surface area (Å²) in [6.07, 6.45) is -36.3. The molecule has 4 aliphatic rings. The van der Waals surface area contributed by atoms with Crippen molar-refractivity contribution in [1.82, 2.24) is 0 Å². The fraction of sp³-hybridized carbons (Fsp3) is 0.300. The Hall–Kier alpha value is -10.8. The first kappa shape index (κ1) is 73.9. The van der Waals surface area contributed by atoms with E-state index in [9.17, 15) is 43.8 Å². The Morgan fingerprint density at radius 2 is 0.429 bits per heavy atom. The zero-order valence-electron chi connectivity index (χ0n) is 56.9. The van der Waals surface area contributed by atoms with E-state index in [4.69, 9.17) is 71.1 Å². The zero-order chi connectivity index (χ0) is 73.7. The first-order valence-electron chi connectivity index (χ1n) is 33.9. The van der Waals surface area contributed by atoms with Crippen LogP contribution in [-0.4, -0.2) is 181 Å². The van der Waals surface area contributed by atoms with Gasteiger partial charge in [0.05, 0.1) is 68.9 Å². The summed E-state index contributed by atoms with van der Waals surface area (Å²) >= 11 is 0. The van der Waals surface area contributed by atoms with Crippen LogP contribution in [0.3, 0.4) is 0 Å². The normalized spacial score (nSPS) is 28.6. The Balaban J connectivity index is 1.00. The highest BCUT2D eigenvalue weighted by Gasteiger charge is 2.60. The molecule has 4 heterocycles. The smallest absolute Gasteiger partial charge is 0.338 e. The van der Waals surface area contributed by atoms with Crippen molar-refractivity contribution in [2.45, 2.75) is 151 Å². The van der Waals surface area contributed by atoms with Crippen LogP contribution in [0.2, 0.25) is 0 Å². The van der Waals surface area contributed by atoms with Gasteiger partial charge in [-0.05, 0) is 125 Å². The molecule has 0 aromatic heterocycles. The van der Waals surface area contributed by atoms with E-state index in [2.05, 4.69) is 0 Å². The molecule has 4 aliphatic heterocycles. The van der Waals surface area contributed by atoms with Gasteiger partial charge in [0.2, 0.25) is 0 Å². The molecule has 0 spiro atoms. The van der Waals surface area contributed by atoms with Crippen molar-refractivity contribution in [1.29, 1.82) is 0 Å². The van der Waals surface area contributed by atoms with E-state index in [1.807, 2.05) is 0 Å². The Morgan fingerprint density at radius 3 is 0.743 bits per heavy atom. The molecule has 4 fully saturated rings. The number of carbonyl (C=O) groups is 8. The van der Waals surface area contributed by atoms with Gasteiger partial charge in [-0.25, -0.2) is 38.4 Å². The lowest BCUT2D eigenvalue weighted by atomic mass is 9.95. The molecule has 20 atom stereocenters. The van der Waals surface area contributed by atoms with Crippen LogP contribution in [0, 0.1) is 0 Å². The van der Waals surface area contributed by atoms with Crippen molar-refractivity contribution in [3.05, 3.63) is 287 Å². The van der Waals surface area contributed by atoms with Gasteiger partial charge in [0.15, 0.2) is 86.2 Å². The van der Waals surface area contributed by atoms with Crippen molar-refractivity contribution in [3.63, 3.8) is 0 Å². The number of carbonyl (C=O) groups excluding carboxylic acids is 8. The van der Waals surface area contributed by atoms with Gasteiger partial charge in [-0.2, -0.15) is 0 Å². The third-order valence-corrected chi connectivity index (χ3v) is 17.8. The third-order valence-electron chi connectivity index (χ3n) is 17.8. The standard InChI is InChI=1S/C80H74O25/c1-45-58(95-69(82)49-29-13-5-14-30-49)57(81)62(99-73(86)53-37-21-9-22-38-53)78(92-45)103-65-61(98-72(85)52-35-19-8-20-36-52)48(4)93-79(67(65)102-76(89)56-43-27-12-28-44-56)105-68-64(101-75(88)55-41-25-11-26-42-55)60(97-71(84)51-33-17-7-18-34-51)47(3)94-80(68)104-66-63(100-74(87)54-39-23-10-24-40-54)59(46(2)91-77(66)90)96-70(83)50-31-15-6-16-32-50/h5-48,57-68,77-81,90H,1-4H3/t45-,46-,47-,48-,57+,58-,59-,60-,61-,62+,63+,64+,65+,66+,67+,68+,77+,78-,79-,80-/m0/s1. The molecular weight excluding hydrogens is 1360 g/mol. The second-order valence-electron chi connectivity index (χ2n) is 25.0. The minimum atomic E-state index is -2.14. The van der Waals surface area contributed by atoms with Gasteiger partial charge in [0, 0.05) is 0 Å². The van der Waals surface area contributed by atoms with Gasteiger partial charge in [-0.3, -0.25) is 0 Å². The van der Waals surface area contributed by atoms with E-state index < -0.39 is 171 Å². The van der Waals surface area contributed by atoms with E-state index in [1.54, 1.807) is 146 Å². The highest BCUT2D eigenvalue weighted by molar-refractivity contribution is 5.93. The molecule has 0 saturated carbocycles. The van der Waals surface area contributed by atoms with Crippen LogP contribution in [0.15, 0.2) is 243 Å². The van der Waals surface area contributed by atoms with Crippen LogP contribution in [-0.2, 0) is 71.1 Å². The first-order valence-corrected chi connectivity index (χ1v) is 33.9. The Labute approximate surface area is 602 Å². The van der Waals surface area contributed by atoms with Gasteiger partial charge in [0.1, 0.15) is 12.2 Å². The predicted octanol–water partition coefficient (Wildman–Crippen LogP) is 9.28. The number of benzene rings is 8. The quantitative estimate of drug-likeness (QED) is 0.0471. The number of esters is 8. The summed E-state index contributed by atoms with van der Waals surface area (Å²) in [6, 6.07) is 61.8. The fourth-order valence-corrected chi connectivity index (χ4v) is 12.5. The van der Waals surface area contributed by atoms with E-state index in [1.165, 1.54) is 125 Å². The van der Waals surface area contributed by atoms with E-state index in [-0.39, 0.29) is 44.5 Å². The number of aliphatic hydroxyl groups is 2. The predicted molar refractivity (Wildman–Crippen MR) is 365 cm³/mol. The molecule has 0 radical (unpaired) electrons. The maximum Gasteiger partial charge on any atom is 0.338 e. The van der Waals surface area contributed by atoms with Crippen molar-refractivity contribution < 1.29 is 120 Å². The number of ether oxygens (including phenoxy) is 15. The SMILES string of the molecule is C[C@@H]1O[C@@H](O[C@@H]2[C@@H](OC(=O)c3ccccc3)[C@H](C)O[C@@H](O[C@H]3[C@H](O[C@@H]4[C@H](OC(=O)c5ccccc5)[C@@H](OC(=O)c5ccccc5)[C@H](C)O[C@H]4O)O[C@@H](C)[C@H](OC(=O)c4ccccc4)[C@H]3OC(=O)c3ccccc3)[C@@H]2OC(=O)c2ccccc2)[C@H](OC(=O)c2ccccc2)[C@H](O)[C@H]1OC(=O)c1ccccc1. The minimum Gasteiger partial charge on any atom is -0.453 e. The molecule has 8 aromatic carbocycles. The molecule has 4 saturated heterocycles. The van der Waals surface area contributed by atoms with Gasteiger partial charge >= 0.3 is 47.8 Å². The lowest BCUT2D eigenvalue weighted by Gasteiger charge is -2.51. The summed E-state index contributed by atoms with van der Waals surface area (Å²) < 4.78 is 97.3. The summed E-state index contributed by atoms with van der Waals surface area (Å²) in [7, 11) is 0. The molecule has 0 unspecified atom stereocenters. The molecule has 0 bridgehead atoms. The monoisotopic (exact) mass is 1430 g/mol. The first-order chi connectivity index (χ1) is 50.9. The summed E-state index contributed by atoms with van der Waals surface area (Å²) in [5, 5.41) is 24.9. The number of hydrogen-bond donors (Lipinski definition) is 2. The summed E-state index contributed by atoms with van der Waals surface area (Å²) in [4.78, 5) is 116. The third kappa shape index (κ3) is 17.7. The average Bonchev–Trinajstić information content (AvgIpc) is 0.758. The van der Waals surface area contributed by atoms with Crippen LogP contribution in [0.1, 0.15) is 111 Å². The lowest BCUT2D eigenvalue weighted by Crippen LogP contribution is -2.68. The molecule has 0 aliphatic carbocycles. The Bertz CT molecular complexity index is 4240. The summed E-state index contributed by atoms with van der Waals surface area (Å²) in [6.45, 7) is 5.77. The Morgan fingerprint density at radius 1 is 0.229 bits per heavy atom. The molecule has 544 valence electrons. The van der Waals surface area contributed by atoms with Gasteiger partial charge in [-0.1, -0.05) is 146 Å². The highest BCUT2D eigenvalue weighted by atomic mass is 16.8. The van der Waals surface area contributed by atoms with E-state index in [0.717, 1.165) is 0 Å². The second kappa shape index (κ2) is 34.2. The summed E-state index contributed by atoms with van der Waals surface area (Å²) in [5.74, 6) is -7.82. The molecule has 8 aromatic rings. The number of rotatable bonds is 22. The van der Waals surface area contributed by atoms with Crippen LogP contribution in [0.4, 0.5) is 0 Å². The molecule has 12 rings (SSSR count). The second-order valence-corrected chi connectivity index (χ2v) is 25.0. The largest absolute Gasteiger partial charge is 0.453 e.